The first-order valence-electron chi connectivity index (χ1n) is 3.83. The third-order valence-electron chi connectivity index (χ3n) is 2.69. The molecule has 2 rings (SSSR count). The predicted octanol–water partition coefficient (Wildman–Crippen LogP) is 0.945. The first kappa shape index (κ1) is 6.08. The molecule has 0 amide bonds. The summed E-state index contributed by atoms with van der Waals surface area (Å²) in [6.07, 6.45) is 3.03. The number of fused-ring (bicyclic) bond motifs is 2. The van der Waals surface area contributed by atoms with Crippen molar-refractivity contribution in [1.82, 2.24) is 0 Å². The van der Waals surface area contributed by atoms with E-state index in [1.54, 1.807) is 0 Å². The quantitative estimate of drug-likeness (QED) is 0.467. The van der Waals surface area contributed by atoms with Gasteiger partial charge in [-0.05, 0) is 19.3 Å². The highest BCUT2D eigenvalue weighted by atomic mass is 16.2. The van der Waals surface area contributed by atoms with Crippen LogP contribution in [0.5, 0.6) is 0 Å². The standard InChI is InChI=1S/C8H10O2/c9-7-4-8(10)6-2-1-5(7)3-6/h5-6H,1-4H2/t5-,6-/m0/s1. The first-order chi connectivity index (χ1) is 4.77. The topological polar surface area (TPSA) is 34.1 Å². The van der Waals surface area contributed by atoms with E-state index in [9.17, 15) is 9.59 Å². The van der Waals surface area contributed by atoms with Gasteiger partial charge in [0.15, 0.2) is 0 Å². The molecule has 0 radical (unpaired) electrons. The van der Waals surface area contributed by atoms with Crippen LogP contribution in [0.4, 0.5) is 0 Å². The number of Topliss-reactive ketones (excluding diaryl/α,β-unsaturated/α-hetero) is 2. The van der Waals surface area contributed by atoms with Crippen LogP contribution in [0.2, 0.25) is 0 Å². The van der Waals surface area contributed by atoms with E-state index in [1.807, 2.05) is 0 Å². The molecule has 2 atom stereocenters. The van der Waals surface area contributed by atoms with Gasteiger partial charge in [0, 0.05) is 11.8 Å². The number of carbonyl (C=O) groups is 2. The van der Waals surface area contributed by atoms with Gasteiger partial charge in [-0.2, -0.15) is 0 Å². The summed E-state index contributed by atoms with van der Waals surface area (Å²) in [6, 6.07) is 0. The number of hydrogen-bond acceptors (Lipinski definition) is 2. The van der Waals surface area contributed by atoms with Gasteiger partial charge in [-0.25, -0.2) is 0 Å². The van der Waals surface area contributed by atoms with Crippen LogP contribution in [0.25, 0.3) is 0 Å². The van der Waals surface area contributed by atoms with Gasteiger partial charge in [-0.3, -0.25) is 9.59 Å². The lowest BCUT2D eigenvalue weighted by Gasteiger charge is -2.15. The molecule has 2 nitrogen and oxygen atoms in total. The molecular formula is C8H10O2. The van der Waals surface area contributed by atoms with E-state index in [0.717, 1.165) is 19.3 Å². The molecule has 2 fully saturated rings. The van der Waals surface area contributed by atoms with E-state index < -0.39 is 0 Å². The minimum absolute atomic E-state index is 0.193. The molecule has 2 aliphatic rings. The zero-order chi connectivity index (χ0) is 7.14. The highest BCUT2D eigenvalue weighted by molar-refractivity contribution is 6.04. The van der Waals surface area contributed by atoms with Crippen LogP contribution in [0.15, 0.2) is 0 Å². The molecule has 0 aliphatic heterocycles. The van der Waals surface area contributed by atoms with Crippen LogP contribution in [-0.2, 0) is 9.59 Å². The van der Waals surface area contributed by atoms with Gasteiger partial charge in [0.05, 0.1) is 6.42 Å². The van der Waals surface area contributed by atoms with Gasteiger partial charge in [-0.1, -0.05) is 0 Å². The maximum absolute atomic E-state index is 11.0. The third-order valence-corrected chi connectivity index (χ3v) is 2.69. The van der Waals surface area contributed by atoms with E-state index >= 15 is 0 Å². The summed E-state index contributed by atoms with van der Waals surface area (Å²) in [4.78, 5) is 22.1. The SMILES string of the molecule is O=C1CC(=O)[C@H]2CC[C@H]1C2. The summed E-state index contributed by atoms with van der Waals surface area (Å²) in [5.41, 5.74) is 0. The Morgan fingerprint density at radius 3 is 2.00 bits per heavy atom. The second kappa shape index (κ2) is 1.91. The van der Waals surface area contributed by atoms with Crippen LogP contribution in [0.1, 0.15) is 25.7 Å². The normalized spacial score (nSPS) is 38.8. The van der Waals surface area contributed by atoms with E-state index in [2.05, 4.69) is 0 Å². The monoisotopic (exact) mass is 138 g/mol. The minimum Gasteiger partial charge on any atom is -0.299 e. The molecule has 2 bridgehead atoms. The molecule has 2 aliphatic carbocycles. The second-order valence-corrected chi connectivity index (χ2v) is 3.32. The Bertz CT molecular complexity index is 175. The third kappa shape index (κ3) is 0.713. The Hall–Kier alpha value is -0.660. The van der Waals surface area contributed by atoms with Crippen molar-refractivity contribution in [2.75, 3.05) is 0 Å². The number of rotatable bonds is 0. The number of carbonyl (C=O) groups excluding carboxylic acids is 2. The fourth-order valence-corrected chi connectivity index (χ4v) is 2.03. The summed E-state index contributed by atoms with van der Waals surface area (Å²) in [5, 5.41) is 0. The average molecular weight is 138 g/mol. The van der Waals surface area contributed by atoms with E-state index in [0.29, 0.717) is 0 Å². The zero-order valence-electron chi connectivity index (χ0n) is 5.80. The Labute approximate surface area is 59.6 Å². The molecule has 54 valence electrons. The van der Waals surface area contributed by atoms with Gasteiger partial charge >= 0.3 is 0 Å². The second-order valence-electron chi connectivity index (χ2n) is 3.32. The Kier molecular flexibility index (Phi) is 1.16. The summed E-state index contributed by atoms with van der Waals surface area (Å²) in [5.74, 6) is 0.892. The Balaban J connectivity index is 2.24. The van der Waals surface area contributed by atoms with Crippen LogP contribution >= 0.6 is 0 Å². The van der Waals surface area contributed by atoms with Gasteiger partial charge in [0.2, 0.25) is 0 Å². The molecule has 0 aromatic carbocycles. The molecular weight excluding hydrogens is 128 g/mol. The van der Waals surface area contributed by atoms with Crippen molar-refractivity contribution >= 4 is 11.6 Å². The van der Waals surface area contributed by atoms with Crippen molar-refractivity contribution in [3.05, 3.63) is 0 Å². The van der Waals surface area contributed by atoms with Gasteiger partial charge in [0.1, 0.15) is 11.6 Å². The van der Waals surface area contributed by atoms with Crippen LogP contribution in [-0.4, -0.2) is 11.6 Å². The maximum Gasteiger partial charge on any atom is 0.143 e. The fourth-order valence-electron chi connectivity index (χ4n) is 2.03. The van der Waals surface area contributed by atoms with Crippen molar-refractivity contribution in [3.63, 3.8) is 0 Å². The summed E-state index contributed by atoms with van der Waals surface area (Å²) < 4.78 is 0. The van der Waals surface area contributed by atoms with Crippen molar-refractivity contribution < 1.29 is 9.59 Å². The average Bonchev–Trinajstić information content (AvgIpc) is 2.28. The van der Waals surface area contributed by atoms with Crippen molar-refractivity contribution in [2.24, 2.45) is 11.8 Å². The first-order valence-corrected chi connectivity index (χ1v) is 3.83. The van der Waals surface area contributed by atoms with Gasteiger partial charge in [-0.15, -0.1) is 0 Å². The van der Waals surface area contributed by atoms with E-state index in [1.165, 1.54) is 0 Å². The molecule has 0 spiro atoms. The highest BCUT2D eigenvalue weighted by Crippen LogP contribution is 2.37. The van der Waals surface area contributed by atoms with Crippen LogP contribution < -0.4 is 0 Å². The summed E-state index contributed by atoms with van der Waals surface area (Å²) >= 11 is 0. The molecule has 0 N–H and O–H groups in total. The van der Waals surface area contributed by atoms with E-state index in [-0.39, 0.29) is 29.8 Å². The smallest absolute Gasteiger partial charge is 0.143 e. The molecule has 2 saturated carbocycles. The van der Waals surface area contributed by atoms with E-state index in [4.69, 9.17) is 0 Å². The van der Waals surface area contributed by atoms with Crippen molar-refractivity contribution in [2.45, 2.75) is 25.7 Å². The minimum atomic E-state index is 0.193. The molecule has 0 saturated heterocycles. The van der Waals surface area contributed by atoms with Crippen molar-refractivity contribution in [3.8, 4) is 0 Å². The van der Waals surface area contributed by atoms with Crippen LogP contribution in [0.3, 0.4) is 0 Å². The molecule has 0 heterocycles. The van der Waals surface area contributed by atoms with Crippen LogP contribution in [0, 0.1) is 11.8 Å². The highest BCUT2D eigenvalue weighted by Gasteiger charge is 2.39. The lowest BCUT2D eigenvalue weighted by atomic mass is 9.87. The molecule has 0 aromatic heterocycles. The molecule has 0 aromatic rings. The lowest BCUT2D eigenvalue weighted by molar-refractivity contribution is -0.133. The lowest BCUT2D eigenvalue weighted by Crippen LogP contribution is -2.25. The van der Waals surface area contributed by atoms with Gasteiger partial charge < -0.3 is 0 Å². The number of ketones is 2. The molecule has 0 unspecified atom stereocenters. The van der Waals surface area contributed by atoms with Crippen molar-refractivity contribution in [1.29, 1.82) is 0 Å². The largest absolute Gasteiger partial charge is 0.299 e. The number of hydrogen-bond donors (Lipinski definition) is 0. The predicted molar refractivity (Wildman–Crippen MR) is 35.5 cm³/mol. The molecule has 2 heteroatoms. The Morgan fingerprint density at radius 2 is 1.50 bits per heavy atom. The summed E-state index contributed by atoms with van der Waals surface area (Å²) in [6.45, 7) is 0. The summed E-state index contributed by atoms with van der Waals surface area (Å²) in [7, 11) is 0. The van der Waals surface area contributed by atoms with Gasteiger partial charge in [0.25, 0.3) is 0 Å². The zero-order valence-corrected chi connectivity index (χ0v) is 5.80. The Morgan fingerprint density at radius 1 is 1.00 bits per heavy atom. The fraction of sp³-hybridized carbons (Fsp3) is 0.750. The maximum atomic E-state index is 11.0. The molecule has 10 heavy (non-hydrogen) atoms.